The van der Waals surface area contributed by atoms with Gasteiger partial charge in [-0.15, -0.1) is 0 Å². The van der Waals surface area contributed by atoms with Crippen LogP contribution in [0.15, 0.2) is 65.6 Å². The number of aryl methyl sites for hydroxylation is 3. The van der Waals surface area contributed by atoms with E-state index in [2.05, 4.69) is 5.32 Å². The molecule has 8 heteroatoms. The van der Waals surface area contributed by atoms with Crippen molar-refractivity contribution in [2.24, 2.45) is 0 Å². The van der Waals surface area contributed by atoms with Crippen molar-refractivity contribution >= 4 is 44.8 Å². The van der Waals surface area contributed by atoms with E-state index < -0.39 is 15.9 Å². The van der Waals surface area contributed by atoms with E-state index >= 15 is 0 Å². The van der Waals surface area contributed by atoms with Crippen LogP contribution in [0.25, 0.3) is 0 Å². The van der Waals surface area contributed by atoms with Crippen LogP contribution in [0.1, 0.15) is 22.3 Å². The monoisotopic (exact) mass is 490 g/mol. The number of anilines is 1. The summed E-state index contributed by atoms with van der Waals surface area (Å²) in [5.74, 6) is -0.431. The molecule has 32 heavy (non-hydrogen) atoms. The Bertz CT molecular complexity index is 1220. The Hall–Kier alpha value is -2.38. The van der Waals surface area contributed by atoms with Gasteiger partial charge in [-0.3, -0.25) is 4.79 Å². The number of carbonyl (C=O) groups excluding carboxylic acids is 1. The molecule has 0 saturated heterocycles. The van der Waals surface area contributed by atoms with Gasteiger partial charge in [0.1, 0.15) is 0 Å². The van der Waals surface area contributed by atoms with Crippen molar-refractivity contribution < 1.29 is 13.2 Å². The maximum Gasteiger partial charge on any atom is 0.243 e. The predicted octanol–water partition coefficient (Wildman–Crippen LogP) is 5.75. The first kappa shape index (κ1) is 24.3. The molecular weight excluding hydrogens is 467 g/mol. The molecule has 168 valence electrons. The first-order valence-corrected chi connectivity index (χ1v) is 12.1. The second-order valence-electron chi connectivity index (χ2n) is 7.68. The Balaban J connectivity index is 1.91. The molecule has 5 nitrogen and oxygen atoms in total. The molecule has 0 atom stereocenters. The van der Waals surface area contributed by atoms with Crippen LogP contribution in [0, 0.1) is 20.8 Å². The molecule has 3 rings (SSSR count). The van der Waals surface area contributed by atoms with Gasteiger partial charge in [0.25, 0.3) is 0 Å². The van der Waals surface area contributed by atoms with Crippen molar-refractivity contribution in [1.82, 2.24) is 4.31 Å². The largest absolute Gasteiger partial charge is 0.324 e. The van der Waals surface area contributed by atoms with Crippen molar-refractivity contribution in [1.29, 1.82) is 0 Å². The Morgan fingerprint density at radius 3 is 2.12 bits per heavy atom. The molecule has 0 saturated carbocycles. The second-order valence-corrected chi connectivity index (χ2v) is 10.5. The van der Waals surface area contributed by atoms with Crippen molar-refractivity contribution in [2.75, 3.05) is 11.9 Å². The molecule has 1 amide bonds. The molecule has 3 aromatic carbocycles. The van der Waals surface area contributed by atoms with Crippen molar-refractivity contribution in [3.05, 3.63) is 93.0 Å². The average molecular weight is 491 g/mol. The summed E-state index contributed by atoms with van der Waals surface area (Å²) in [6.45, 7) is 5.43. The van der Waals surface area contributed by atoms with Crippen LogP contribution in [0.4, 0.5) is 5.69 Å². The molecule has 3 aromatic rings. The summed E-state index contributed by atoms with van der Waals surface area (Å²) in [6.07, 6.45) is 0. The Morgan fingerprint density at radius 2 is 1.53 bits per heavy atom. The van der Waals surface area contributed by atoms with Gasteiger partial charge in [-0.1, -0.05) is 53.0 Å². The first-order valence-electron chi connectivity index (χ1n) is 9.94. The molecule has 0 spiro atoms. The summed E-state index contributed by atoms with van der Waals surface area (Å²) in [5.41, 5.74) is 4.28. The molecule has 0 bridgehead atoms. The number of rotatable bonds is 7. The predicted molar refractivity (Wildman–Crippen MR) is 130 cm³/mol. The SMILES string of the molecule is Cc1cc(C)c(NC(=O)CN(Cc2cccc(Cl)c2)S(=O)(=O)c2ccc(Cl)cc2)c(C)c1. The number of nitrogens with one attached hydrogen (secondary N) is 1. The highest BCUT2D eigenvalue weighted by molar-refractivity contribution is 7.89. The first-order chi connectivity index (χ1) is 15.1. The lowest BCUT2D eigenvalue weighted by Gasteiger charge is -2.23. The van der Waals surface area contributed by atoms with Gasteiger partial charge in [-0.05, 0) is 73.9 Å². The minimum absolute atomic E-state index is 0.00913. The molecule has 0 heterocycles. The fraction of sp³-hybridized carbons (Fsp3) is 0.208. The van der Waals surface area contributed by atoms with E-state index in [0.717, 1.165) is 21.0 Å². The number of halogens is 2. The van der Waals surface area contributed by atoms with Crippen LogP contribution < -0.4 is 5.32 Å². The maximum absolute atomic E-state index is 13.4. The van der Waals surface area contributed by atoms with Crippen LogP contribution in [0.2, 0.25) is 10.0 Å². The lowest BCUT2D eigenvalue weighted by molar-refractivity contribution is -0.116. The third-order valence-electron chi connectivity index (χ3n) is 4.96. The Morgan fingerprint density at radius 1 is 0.906 bits per heavy atom. The van der Waals surface area contributed by atoms with E-state index in [1.54, 1.807) is 24.3 Å². The third-order valence-corrected chi connectivity index (χ3v) is 7.25. The number of hydrogen-bond acceptors (Lipinski definition) is 3. The number of benzene rings is 3. The van der Waals surface area contributed by atoms with Gasteiger partial charge in [0.05, 0.1) is 11.4 Å². The van der Waals surface area contributed by atoms with Gasteiger partial charge in [0.15, 0.2) is 0 Å². The Labute approximate surface area is 199 Å². The van der Waals surface area contributed by atoms with E-state index in [0.29, 0.717) is 21.3 Å². The number of sulfonamides is 1. The van der Waals surface area contributed by atoms with Gasteiger partial charge in [-0.2, -0.15) is 4.31 Å². The molecular formula is C24H24Cl2N2O3S. The summed E-state index contributed by atoms with van der Waals surface area (Å²) >= 11 is 12.0. The van der Waals surface area contributed by atoms with Crippen molar-refractivity contribution in [2.45, 2.75) is 32.2 Å². The fourth-order valence-corrected chi connectivity index (χ4v) is 5.26. The highest BCUT2D eigenvalue weighted by Crippen LogP contribution is 2.24. The summed E-state index contributed by atoms with van der Waals surface area (Å²) in [7, 11) is -3.97. The lowest BCUT2D eigenvalue weighted by atomic mass is 10.1. The van der Waals surface area contributed by atoms with Crippen LogP contribution in [0.3, 0.4) is 0 Å². The molecule has 0 aliphatic rings. The molecule has 0 aliphatic heterocycles. The molecule has 1 N–H and O–H groups in total. The van der Waals surface area contributed by atoms with Crippen molar-refractivity contribution in [3.8, 4) is 0 Å². The maximum atomic E-state index is 13.4. The van der Waals surface area contributed by atoms with E-state index in [1.807, 2.05) is 32.9 Å². The van der Waals surface area contributed by atoms with Gasteiger partial charge in [0, 0.05) is 22.3 Å². The number of hydrogen-bond donors (Lipinski definition) is 1. The standard InChI is InChI=1S/C24H24Cl2N2O3S/c1-16-11-17(2)24(18(3)12-16)27-23(29)15-28(14-19-5-4-6-21(26)13-19)32(30,31)22-9-7-20(25)8-10-22/h4-13H,14-15H2,1-3H3,(H,27,29). The van der Waals surface area contributed by atoms with Crippen molar-refractivity contribution in [3.63, 3.8) is 0 Å². The molecule has 0 aromatic heterocycles. The molecule has 0 aliphatic carbocycles. The van der Waals surface area contributed by atoms with E-state index in [-0.39, 0.29) is 18.0 Å². The number of nitrogens with zero attached hydrogens (tertiary/aromatic N) is 1. The Kier molecular flexibility index (Phi) is 7.62. The number of carbonyl (C=O) groups is 1. The minimum atomic E-state index is -3.97. The van der Waals surface area contributed by atoms with E-state index in [1.165, 1.54) is 24.3 Å². The molecule has 0 fully saturated rings. The molecule has 0 unspecified atom stereocenters. The number of amides is 1. The van der Waals surface area contributed by atoms with Crippen LogP contribution in [0.5, 0.6) is 0 Å². The zero-order chi connectivity index (χ0) is 23.5. The van der Waals surface area contributed by atoms with Gasteiger partial charge < -0.3 is 5.32 Å². The van der Waals surface area contributed by atoms with E-state index in [4.69, 9.17) is 23.2 Å². The van der Waals surface area contributed by atoms with Gasteiger partial charge in [0.2, 0.25) is 15.9 Å². The van der Waals surface area contributed by atoms with Crippen LogP contribution in [-0.2, 0) is 21.4 Å². The highest BCUT2D eigenvalue weighted by Gasteiger charge is 2.27. The van der Waals surface area contributed by atoms with Gasteiger partial charge >= 0.3 is 0 Å². The lowest BCUT2D eigenvalue weighted by Crippen LogP contribution is -2.37. The second kappa shape index (κ2) is 10.0. The van der Waals surface area contributed by atoms with E-state index in [9.17, 15) is 13.2 Å². The summed E-state index contributed by atoms with van der Waals surface area (Å²) in [5, 5.41) is 3.79. The van der Waals surface area contributed by atoms with Crippen LogP contribution >= 0.6 is 23.2 Å². The third kappa shape index (κ3) is 5.90. The fourth-order valence-electron chi connectivity index (χ4n) is 3.54. The normalized spacial score (nSPS) is 11.6. The average Bonchev–Trinajstić information content (AvgIpc) is 2.70. The minimum Gasteiger partial charge on any atom is -0.324 e. The smallest absolute Gasteiger partial charge is 0.243 e. The highest BCUT2D eigenvalue weighted by atomic mass is 35.5. The topological polar surface area (TPSA) is 66.5 Å². The summed E-state index contributed by atoms with van der Waals surface area (Å²) < 4.78 is 27.9. The summed E-state index contributed by atoms with van der Waals surface area (Å²) in [4.78, 5) is 13.0. The zero-order valence-electron chi connectivity index (χ0n) is 18.0. The summed E-state index contributed by atoms with van der Waals surface area (Å²) in [6, 6.07) is 16.7. The molecule has 0 radical (unpaired) electrons. The van der Waals surface area contributed by atoms with Gasteiger partial charge in [-0.25, -0.2) is 8.42 Å². The van der Waals surface area contributed by atoms with Crippen LogP contribution in [-0.4, -0.2) is 25.2 Å². The zero-order valence-corrected chi connectivity index (χ0v) is 20.4. The quantitative estimate of drug-likeness (QED) is 0.458.